The van der Waals surface area contributed by atoms with Crippen LogP contribution in [0.1, 0.15) is 25.3 Å². The molecule has 0 saturated heterocycles. The predicted octanol–water partition coefficient (Wildman–Crippen LogP) is 4.54. The summed E-state index contributed by atoms with van der Waals surface area (Å²) >= 11 is 0. The van der Waals surface area contributed by atoms with Crippen molar-refractivity contribution in [3.8, 4) is 11.1 Å². The van der Waals surface area contributed by atoms with E-state index < -0.39 is 0 Å². The Bertz CT molecular complexity index is 817. The van der Waals surface area contributed by atoms with Crippen LogP contribution in [0.4, 0.5) is 0 Å². The van der Waals surface area contributed by atoms with Crippen LogP contribution in [0.5, 0.6) is 0 Å². The van der Waals surface area contributed by atoms with Crippen LogP contribution in [0, 0.1) is 0 Å². The summed E-state index contributed by atoms with van der Waals surface area (Å²) in [7, 11) is 0. The van der Waals surface area contributed by atoms with Gasteiger partial charge in [-0.1, -0.05) is 55.8 Å². The first-order chi connectivity index (χ1) is 10.3. The fourth-order valence-corrected chi connectivity index (χ4v) is 2.80. The normalized spacial score (nSPS) is 10.9. The molecule has 0 atom stereocenters. The number of nitrogens with one attached hydrogen (secondary N) is 1. The molecule has 0 radical (unpaired) electrons. The third-order valence-corrected chi connectivity index (χ3v) is 3.92. The molecule has 1 aromatic heterocycles. The summed E-state index contributed by atoms with van der Waals surface area (Å²) in [4.78, 5) is 14.8. The number of unbranched alkanes of at least 4 members (excludes halogenated alkanes) is 1. The lowest BCUT2D eigenvalue weighted by Gasteiger charge is -2.11. The molecule has 0 aliphatic rings. The van der Waals surface area contributed by atoms with Gasteiger partial charge in [0, 0.05) is 17.1 Å². The van der Waals surface area contributed by atoms with Gasteiger partial charge in [-0.2, -0.15) is 0 Å². The van der Waals surface area contributed by atoms with Gasteiger partial charge in [0.2, 0.25) is 0 Å². The summed E-state index contributed by atoms with van der Waals surface area (Å²) in [6.45, 7) is 2.21. The zero-order valence-electron chi connectivity index (χ0n) is 12.2. The third kappa shape index (κ3) is 2.62. The number of H-pyrrole nitrogens is 1. The molecule has 0 bridgehead atoms. The van der Waals surface area contributed by atoms with E-state index in [0.29, 0.717) is 0 Å². The number of aromatic nitrogens is 1. The molecule has 0 unspecified atom stereocenters. The number of aryl methyl sites for hydroxylation is 1. The number of hydrogen-bond acceptors (Lipinski definition) is 1. The molecule has 0 aliphatic carbocycles. The number of benzene rings is 2. The third-order valence-electron chi connectivity index (χ3n) is 3.92. The van der Waals surface area contributed by atoms with E-state index in [0.717, 1.165) is 22.8 Å². The Kier molecular flexibility index (Phi) is 3.87. The molecule has 21 heavy (non-hydrogen) atoms. The first-order valence-corrected chi connectivity index (χ1v) is 7.50. The van der Waals surface area contributed by atoms with Gasteiger partial charge in [-0.15, -0.1) is 0 Å². The lowest BCUT2D eigenvalue weighted by atomic mass is 9.94. The quantitative estimate of drug-likeness (QED) is 0.746. The standard InChI is InChI=1S/C19H19NO/c1-2-3-8-14-9-4-5-10-15(14)18-13-20-19(21)17-12-7-6-11-16(17)18/h4-7,9-13H,2-3,8H2,1H3,(H,20,21). The predicted molar refractivity (Wildman–Crippen MR) is 88.6 cm³/mol. The van der Waals surface area contributed by atoms with Crippen LogP contribution in [0.2, 0.25) is 0 Å². The maximum atomic E-state index is 12.0. The van der Waals surface area contributed by atoms with Crippen molar-refractivity contribution in [1.29, 1.82) is 0 Å². The molecule has 0 spiro atoms. The molecule has 0 saturated carbocycles. The molecule has 0 aliphatic heterocycles. The zero-order chi connectivity index (χ0) is 14.7. The number of rotatable bonds is 4. The van der Waals surface area contributed by atoms with E-state index in [2.05, 4.69) is 36.2 Å². The van der Waals surface area contributed by atoms with Gasteiger partial charge >= 0.3 is 0 Å². The molecular weight excluding hydrogens is 258 g/mol. The van der Waals surface area contributed by atoms with Crippen LogP contribution in [0.15, 0.2) is 59.5 Å². The maximum Gasteiger partial charge on any atom is 0.255 e. The van der Waals surface area contributed by atoms with Crippen molar-refractivity contribution < 1.29 is 0 Å². The van der Waals surface area contributed by atoms with E-state index >= 15 is 0 Å². The van der Waals surface area contributed by atoms with E-state index in [4.69, 9.17) is 0 Å². The summed E-state index contributed by atoms with van der Waals surface area (Å²) in [6.07, 6.45) is 5.27. The Balaban J connectivity index is 2.22. The van der Waals surface area contributed by atoms with Gasteiger partial charge in [-0.05, 0) is 35.4 Å². The largest absolute Gasteiger partial charge is 0.328 e. The van der Waals surface area contributed by atoms with E-state index in [1.165, 1.54) is 24.0 Å². The fourth-order valence-electron chi connectivity index (χ4n) is 2.80. The van der Waals surface area contributed by atoms with Crippen molar-refractivity contribution in [2.45, 2.75) is 26.2 Å². The monoisotopic (exact) mass is 277 g/mol. The minimum atomic E-state index is -0.0274. The zero-order valence-corrected chi connectivity index (χ0v) is 12.2. The summed E-state index contributed by atoms with van der Waals surface area (Å²) in [5.41, 5.74) is 3.65. The highest BCUT2D eigenvalue weighted by atomic mass is 16.1. The van der Waals surface area contributed by atoms with E-state index in [1.54, 1.807) is 0 Å². The van der Waals surface area contributed by atoms with Gasteiger partial charge in [0.15, 0.2) is 0 Å². The van der Waals surface area contributed by atoms with E-state index in [-0.39, 0.29) is 5.56 Å². The van der Waals surface area contributed by atoms with Crippen LogP contribution in [0.25, 0.3) is 21.9 Å². The highest BCUT2D eigenvalue weighted by Gasteiger charge is 2.09. The summed E-state index contributed by atoms with van der Waals surface area (Å²) in [6, 6.07) is 16.3. The van der Waals surface area contributed by atoms with Gasteiger partial charge in [0.05, 0.1) is 0 Å². The molecular formula is C19H19NO. The molecule has 0 amide bonds. The SMILES string of the molecule is CCCCc1ccccc1-c1c[nH]c(=O)c2ccccc12. The minimum absolute atomic E-state index is 0.0274. The first-order valence-electron chi connectivity index (χ1n) is 7.50. The van der Waals surface area contributed by atoms with Gasteiger partial charge in [0.1, 0.15) is 0 Å². The van der Waals surface area contributed by atoms with Crippen LogP contribution < -0.4 is 5.56 Å². The number of aromatic amines is 1. The molecule has 1 heterocycles. The second-order valence-electron chi connectivity index (χ2n) is 5.34. The van der Waals surface area contributed by atoms with Crippen LogP contribution in [-0.4, -0.2) is 4.98 Å². The van der Waals surface area contributed by atoms with Crippen molar-refractivity contribution in [2.75, 3.05) is 0 Å². The molecule has 106 valence electrons. The Morgan fingerprint density at radius 2 is 1.62 bits per heavy atom. The summed E-state index contributed by atoms with van der Waals surface area (Å²) in [5.74, 6) is 0. The topological polar surface area (TPSA) is 32.9 Å². The van der Waals surface area contributed by atoms with Gasteiger partial charge in [-0.25, -0.2) is 0 Å². The van der Waals surface area contributed by atoms with Crippen molar-refractivity contribution in [1.82, 2.24) is 4.98 Å². The van der Waals surface area contributed by atoms with Gasteiger partial charge < -0.3 is 4.98 Å². The summed E-state index contributed by atoms with van der Waals surface area (Å²) in [5, 5.41) is 1.77. The maximum absolute atomic E-state index is 12.0. The Morgan fingerprint density at radius 1 is 0.905 bits per heavy atom. The fraction of sp³-hybridized carbons (Fsp3) is 0.211. The van der Waals surface area contributed by atoms with Crippen LogP contribution in [0.3, 0.4) is 0 Å². The number of pyridine rings is 1. The van der Waals surface area contributed by atoms with Crippen molar-refractivity contribution in [3.63, 3.8) is 0 Å². The second kappa shape index (κ2) is 5.96. The molecule has 2 aromatic carbocycles. The highest BCUT2D eigenvalue weighted by Crippen LogP contribution is 2.29. The summed E-state index contributed by atoms with van der Waals surface area (Å²) < 4.78 is 0. The lowest BCUT2D eigenvalue weighted by Crippen LogP contribution is -2.06. The van der Waals surface area contributed by atoms with Gasteiger partial charge in [0.25, 0.3) is 5.56 Å². The van der Waals surface area contributed by atoms with Crippen LogP contribution >= 0.6 is 0 Å². The van der Waals surface area contributed by atoms with Crippen molar-refractivity contribution in [2.24, 2.45) is 0 Å². The Hall–Kier alpha value is -2.35. The smallest absolute Gasteiger partial charge is 0.255 e. The molecule has 3 rings (SSSR count). The molecule has 2 heteroatoms. The first kappa shape index (κ1) is 13.6. The second-order valence-corrected chi connectivity index (χ2v) is 5.34. The molecule has 3 aromatic rings. The van der Waals surface area contributed by atoms with Gasteiger partial charge in [-0.3, -0.25) is 4.79 Å². The number of hydrogen-bond donors (Lipinski definition) is 1. The van der Waals surface area contributed by atoms with Crippen molar-refractivity contribution in [3.05, 3.63) is 70.6 Å². The Labute approximate surface area is 124 Å². The van der Waals surface area contributed by atoms with Crippen molar-refractivity contribution >= 4 is 10.8 Å². The number of fused-ring (bicyclic) bond motifs is 1. The lowest BCUT2D eigenvalue weighted by molar-refractivity contribution is 0.796. The van der Waals surface area contributed by atoms with E-state index in [9.17, 15) is 4.79 Å². The Morgan fingerprint density at radius 3 is 2.43 bits per heavy atom. The average molecular weight is 277 g/mol. The molecule has 0 fully saturated rings. The van der Waals surface area contributed by atoms with E-state index in [1.807, 2.05) is 30.5 Å². The highest BCUT2D eigenvalue weighted by molar-refractivity contribution is 5.96. The molecule has 1 N–H and O–H groups in total. The minimum Gasteiger partial charge on any atom is -0.328 e. The molecule has 2 nitrogen and oxygen atoms in total. The average Bonchev–Trinajstić information content (AvgIpc) is 2.54. The van der Waals surface area contributed by atoms with Crippen LogP contribution in [-0.2, 0) is 6.42 Å².